The zero-order valence-corrected chi connectivity index (χ0v) is 31.8. The number of carboxylic acids is 1. The molecule has 2 aromatic rings. The molecule has 57 heavy (non-hydrogen) atoms. The minimum Gasteiger partial charge on any atom is -0.507 e. The van der Waals surface area contributed by atoms with E-state index in [2.05, 4.69) is 26.3 Å². The highest BCUT2D eigenvalue weighted by Crippen LogP contribution is 2.37. The molecule has 4 rings (SSSR count). The van der Waals surface area contributed by atoms with Gasteiger partial charge < -0.3 is 58.7 Å². The lowest BCUT2D eigenvalue weighted by atomic mass is 9.82. The van der Waals surface area contributed by atoms with Gasteiger partial charge in [0.1, 0.15) is 23.9 Å². The van der Waals surface area contributed by atoms with Crippen molar-refractivity contribution in [2.75, 3.05) is 25.0 Å². The van der Waals surface area contributed by atoms with Crippen molar-refractivity contribution in [3.05, 3.63) is 58.7 Å². The van der Waals surface area contributed by atoms with Crippen LogP contribution in [0.4, 0.5) is 5.69 Å². The van der Waals surface area contributed by atoms with Crippen LogP contribution in [0, 0.1) is 0 Å². The second-order valence-electron chi connectivity index (χ2n) is 14.1. The highest BCUT2D eigenvalue weighted by Gasteiger charge is 2.40. The summed E-state index contributed by atoms with van der Waals surface area (Å²) in [5.41, 5.74) is 16.3. The second-order valence-corrected chi connectivity index (χ2v) is 14.1. The lowest BCUT2D eigenvalue weighted by Gasteiger charge is -2.31. The molecule has 0 spiro atoms. The molecule has 0 radical (unpaired) electrons. The first kappa shape index (κ1) is 43.6. The Morgan fingerprint density at radius 3 is 2.16 bits per heavy atom. The first-order valence-corrected chi connectivity index (χ1v) is 18.7. The number of carboxylic acid groups (broad SMARTS) is 1. The lowest BCUT2D eigenvalue weighted by molar-refractivity contribution is -0.145. The van der Waals surface area contributed by atoms with E-state index < -0.39 is 83.2 Å². The van der Waals surface area contributed by atoms with Gasteiger partial charge in [0, 0.05) is 29.9 Å². The van der Waals surface area contributed by atoms with Crippen LogP contribution in [-0.4, -0.2) is 123 Å². The fourth-order valence-corrected chi connectivity index (χ4v) is 6.85. The molecule has 6 atom stereocenters. The molecule has 1 saturated heterocycles. The van der Waals surface area contributed by atoms with Crippen molar-refractivity contribution in [1.29, 1.82) is 0 Å². The number of nitrogens with zero attached hydrogens (tertiary/aromatic N) is 2. The minimum absolute atomic E-state index is 0.0494. The fraction of sp³-hybridized carbons (Fsp3) is 0.474. The van der Waals surface area contributed by atoms with Crippen LogP contribution in [-0.2, 0) is 24.0 Å². The van der Waals surface area contributed by atoms with Crippen LogP contribution in [0.5, 0.6) is 5.75 Å². The first-order chi connectivity index (χ1) is 27.0. The van der Waals surface area contributed by atoms with E-state index in [1.54, 1.807) is 19.1 Å². The Balaban J connectivity index is 1.58. The van der Waals surface area contributed by atoms with Crippen molar-refractivity contribution in [1.82, 2.24) is 20.9 Å². The minimum atomic E-state index is -1.66. The van der Waals surface area contributed by atoms with E-state index in [9.17, 15) is 48.9 Å². The quantitative estimate of drug-likeness (QED) is 0.0286. The van der Waals surface area contributed by atoms with Crippen LogP contribution in [0.3, 0.4) is 0 Å². The number of fused-ring (bicyclic) bond motifs is 2. The molecule has 0 aromatic heterocycles. The zero-order valence-electron chi connectivity index (χ0n) is 31.8. The van der Waals surface area contributed by atoms with E-state index >= 15 is 0 Å². The number of ketones is 2. The number of amides is 4. The van der Waals surface area contributed by atoms with E-state index in [-0.39, 0.29) is 72.7 Å². The highest BCUT2D eigenvalue weighted by atomic mass is 16.4. The van der Waals surface area contributed by atoms with Crippen molar-refractivity contribution in [3.8, 4) is 5.75 Å². The molecule has 19 nitrogen and oxygen atoms in total. The molecule has 308 valence electrons. The summed E-state index contributed by atoms with van der Waals surface area (Å²) in [7, 11) is 0. The van der Waals surface area contributed by atoms with Gasteiger partial charge in [-0.2, -0.15) is 0 Å². The number of aliphatic imine (C=N–C) groups is 1. The molecule has 0 saturated carbocycles. The first-order valence-electron chi connectivity index (χ1n) is 18.7. The molecule has 2 aromatic carbocycles. The molecule has 0 bridgehead atoms. The molecule has 0 unspecified atom stereocenters. The maximum atomic E-state index is 14.4. The number of guanidine groups is 1. The number of phenols is 1. The van der Waals surface area contributed by atoms with Crippen molar-refractivity contribution in [3.63, 3.8) is 0 Å². The number of hydrogen-bond donors (Lipinski definition) is 10. The molecular formula is C38H51N9O10. The van der Waals surface area contributed by atoms with E-state index in [4.69, 9.17) is 17.2 Å². The number of benzene rings is 2. The van der Waals surface area contributed by atoms with Gasteiger partial charge in [0.15, 0.2) is 23.6 Å². The van der Waals surface area contributed by atoms with Crippen molar-refractivity contribution in [2.45, 2.75) is 95.1 Å². The average Bonchev–Trinajstić information content (AvgIpc) is 3.66. The third-order valence-corrected chi connectivity index (χ3v) is 9.94. The second kappa shape index (κ2) is 19.7. The molecule has 13 N–H and O–H groups in total. The number of unbranched alkanes of at least 4 members (excludes halogenated alkanes) is 1. The predicted molar refractivity (Wildman–Crippen MR) is 207 cm³/mol. The molecule has 2 aliphatic rings. The van der Waals surface area contributed by atoms with Gasteiger partial charge in [-0.3, -0.25) is 33.8 Å². The van der Waals surface area contributed by atoms with Crippen LogP contribution in [0.15, 0.2) is 41.4 Å². The predicted octanol–water partition coefficient (Wildman–Crippen LogP) is -0.939. The number of primary amides is 1. The van der Waals surface area contributed by atoms with Gasteiger partial charge >= 0.3 is 5.97 Å². The maximum absolute atomic E-state index is 14.4. The number of aliphatic carboxylic acids is 1. The Labute approximate surface area is 328 Å². The monoisotopic (exact) mass is 793 g/mol. The number of aliphatic hydroxyl groups excluding tert-OH is 1. The third-order valence-electron chi connectivity index (χ3n) is 9.94. The van der Waals surface area contributed by atoms with Crippen LogP contribution in [0.2, 0.25) is 0 Å². The summed E-state index contributed by atoms with van der Waals surface area (Å²) in [6, 6.07) is 3.19. The summed E-state index contributed by atoms with van der Waals surface area (Å²) in [6.45, 7) is 3.45. The summed E-state index contributed by atoms with van der Waals surface area (Å²) in [6.07, 6.45) is 0.442. The molecule has 4 amide bonds. The maximum Gasteiger partial charge on any atom is 0.328 e. The SMILES string of the molecule is C[C@H](NCCCC[C@H](NC(=O)[C@@H]1CCCN1C(=O)[C@H](CCCN=C(N)N)Nc1ccc(O)c2c1C(=O)c1ccccc1C2=O)C(=O)N[C@H](C(=O)O)[C@@H](C)O)C(N)=O. The Morgan fingerprint density at radius 2 is 1.54 bits per heavy atom. The number of hydrogen-bond acceptors (Lipinski definition) is 12. The highest BCUT2D eigenvalue weighted by molar-refractivity contribution is 6.31. The molecule has 19 heteroatoms. The Bertz CT molecular complexity index is 1900. The Morgan fingerprint density at radius 1 is 0.895 bits per heavy atom. The van der Waals surface area contributed by atoms with Crippen LogP contribution in [0.1, 0.15) is 90.6 Å². The lowest BCUT2D eigenvalue weighted by Crippen LogP contribution is -2.57. The van der Waals surface area contributed by atoms with Crippen LogP contribution in [0.25, 0.3) is 0 Å². The molecule has 1 fully saturated rings. The molecule has 1 heterocycles. The van der Waals surface area contributed by atoms with Crippen LogP contribution < -0.4 is 38.5 Å². The smallest absolute Gasteiger partial charge is 0.328 e. The van der Waals surface area contributed by atoms with Gasteiger partial charge in [0.25, 0.3) is 0 Å². The summed E-state index contributed by atoms with van der Waals surface area (Å²) >= 11 is 0. The van der Waals surface area contributed by atoms with E-state index in [0.717, 1.165) is 0 Å². The molecular weight excluding hydrogens is 742 g/mol. The normalized spacial score (nSPS) is 17.2. The number of carbonyl (C=O) groups is 7. The Kier molecular flexibility index (Phi) is 15.1. The number of likely N-dealkylation sites (tertiary alicyclic amines) is 1. The number of rotatable bonds is 20. The molecule has 1 aliphatic heterocycles. The number of anilines is 1. The number of carbonyl (C=O) groups excluding carboxylic acids is 6. The van der Waals surface area contributed by atoms with Crippen molar-refractivity contribution >= 4 is 52.8 Å². The fourth-order valence-electron chi connectivity index (χ4n) is 6.85. The largest absolute Gasteiger partial charge is 0.507 e. The van der Waals surface area contributed by atoms with Gasteiger partial charge in [0.2, 0.25) is 23.6 Å². The average molecular weight is 794 g/mol. The zero-order chi connectivity index (χ0) is 42.0. The van der Waals surface area contributed by atoms with Gasteiger partial charge in [-0.05, 0) is 77.5 Å². The summed E-state index contributed by atoms with van der Waals surface area (Å²) in [4.78, 5) is 97.4. The van der Waals surface area contributed by atoms with Gasteiger partial charge in [0.05, 0.1) is 23.3 Å². The van der Waals surface area contributed by atoms with Gasteiger partial charge in [-0.15, -0.1) is 0 Å². The number of aliphatic hydroxyl groups is 1. The van der Waals surface area contributed by atoms with E-state index in [1.165, 1.54) is 36.1 Å². The topological polar surface area (TPSA) is 322 Å². The standard InChI is InChI=1S/C38H51N9O10/c1-19(33(39)52)42-16-6-5-11-24(34(53)46-30(20(2)48)37(56)57)45-35(54)26-13-8-18-47(26)36(55)25(12-7-17-43-38(40)41)44-23-14-15-27(49)29-28(23)31(50)21-9-3-4-10-22(21)32(29)51/h3-4,9-10,14-15,19-20,24-26,30,42,44,48-49H,5-8,11-13,16-18H2,1-2H3,(H2,39,52)(H,45,54)(H,46,53)(H,56,57)(H4,40,41,43)/t19-,20+,24-,25-,26-,30-/m0/s1. The van der Waals surface area contributed by atoms with Gasteiger partial charge in [-0.1, -0.05) is 24.3 Å². The van der Waals surface area contributed by atoms with Crippen LogP contribution >= 0.6 is 0 Å². The van der Waals surface area contributed by atoms with Crippen molar-refractivity contribution in [2.24, 2.45) is 22.2 Å². The third kappa shape index (κ3) is 10.8. The number of nitrogens with two attached hydrogens (primary N) is 3. The summed E-state index contributed by atoms with van der Waals surface area (Å²) in [5, 5.41) is 41.2. The molecule has 1 aliphatic carbocycles. The summed E-state index contributed by atoms with van der Waals surface area (Å²) in [5.74, 6) is -5.76. The number of aromatic hydroxyl groups is 1. The van der Waals surface area contributed by atoms with Gasteiger partial charge in [-0.25, -0.2) is 4.79 Å². The van der Waals surface area contributed by atoms with E-state index in [1.807, 2.05) is 0 Å². The summed E-state index contributed by atoms with van der Waals surface area (Å²) < 4.78 is 0. The van der Waals surface area contributed by atoms with E-state index in [0.29, 0.717) is 25.8 Å². The Hall–Kier alpha value is -6.08. The number of phenolic OH excluding ortho intramolecular Hbond substituents is 1. The number of nitrogens with one attached hydrogen (secondary N) is 4. The van der Waals surface area contributed by atoms with Crippen molar-refractivity contribution < 1.29 is 48.9 Å².